The lowest BCUT2D eigenvalue weighted by Gasteiger charge is -2.22. The molecule has 1 amide bonds. The molecule has 2 N–H and O–H groups in total. The summed E-state index contributed by atoms with van der Waals surface area (Å²) < 4.78 is 15.5. The molecular weight excluding hydrogens is 578 g/mol. The van der Waals surface area contributed by atoms with Gasteiger partial charge in [-0.1, -0.05) is 23.4 Å². The number of anilines is 1. The van der Waals surface area contributed by atoms with E-state index in [4.69, 9.17) is 9.26 Å². The molecule has 44 heavy (non-hydrogen) atoms. The van der Waals surface area contributed by atoms with Gasteiger partial charge in [-0.2, -0.15) is 0 Å². The van der Waals surface area contributed by atoms with E-state index in [1.807, 2.05) is 44.2 Å². The van der Waals surface area contributed by atoms with Gasteiger partial charge in [0.15, 0.2) is 0 Å². The third-order valence-corrected chi connectivity index (χ3v) is 8.38. The van der Waals surface area contributed by atoms with Crippen LogP contribution in [0, 0.1) is 20.8 Å². The molecular formula is C33H31N5O5S. The average molecular weight is 610 g/mol. The van der Waals surface area contributed by atoms with Crippen molar-refractivity contribution in [1.82, 2.24) is 19.5 Å². The van der Waals surface area contributed by atoms with Crippen LogP contribution in [0.2, 0.25) is 0 Å². The fraction of sp³-hybridized carbons (Fsp3) is 0.212. The summed E-state index contributed by atoms with van der Waals surface area (Å²) in [6.07, 6.45) is 3.39. The molecule has 0 aliphatic rings. The molecule has 0 bridgehead atoms. The summed E-state index contributed by atoms with van der Waals surface area (Å²) in [5.41, 5.74) is 2.49. The van der Waals surface area contributed by atoms with E-state index in [2.05, 4.69) is 15.5 Å². The predicted molar refractivity (Wildman–Crippen MR) is 170 cm³/mol. The maximum absolute atomic E-state index is 13.6. The molecule has 4 heterocycles. The SMILES string of the molecule is Cc1cc(NC(=O)c2c(C)n(CC(C)(C)O)n(-c3ccccc3)c2=O)ccc1Oc1ccnc2cc(-c3cnoc3C)sc12. The molecule has 224 valence electrons. The number of carbonyl (C=O) groups excluding carboxylic acids is 1. The van der Waals surface area contributed by atoms with Crippen LogP contribution in [0.1, 0.15) is 41.2 Å². The quantitative estimate of drug-likeness (QED) is 0.198. The summed E-state index contributed by atoms with van der Waals surface area (Å²) in [4.78, 5) is 32.6. The van der Waals surface area contributed by atoms with Crippen molar-refractivity contribution in [1.29, 1.82) is 0 Å². The number of thiophene rings is 1. The minimum absolute atomic E-state index is 0.00631. The molecule has 0 aliphatic carbocycles. The molecule has 11 heteroatoms. The van der Waals surface area contributed by atoms with Crippen molar-refractivity contribution in [3.05, 3.63) is 106 Å². The average Bonchev–Trinajstić information content (AvgIpc) is 3.66. The van der Waals surface area contributed by atoms with Crippen molar-refractivity contribution >= 4 is 33.1 Å². The fourth-order valence-corrected chi connectivity index (χ4v) is 6.23. The number of hydrogen-bond donors (Lipinski definition) is 2. The minimum atomic E-state index is -1.12. The number of para-hydroxylation sites is 1. The number of aromatic nitrogens is 4. The second kappa shape index (κ2) is 11.3. The number of fused-ring (bicyclic) bond motifs is 1. The van der Waals surface area contributed by atoms with Gasteiger partial charge in [0.2, 0.25) is 0 Å². The van der Waals surface area contributed by atoms with Gasteiger partial charge in [-0.3, -0.25) is 19.3 Å². The zero-order chi connectivity index (χ0) is 31.2. The molecule has 6 aromatic rings. The Morgan fingerprint density at radius 2 is 1.84 bits per heavy atom. The number of carbonyl (C=O) groups is 1. The summed E-state index contributed by atoms with van der Waals surface area (Å²) in [5.74, 6) is 1.47. The molecule has 6 rings (SSSR count). The van der Waals surface area contributed by atoms with Crippen LogP contribution in [-0.4, -0.2) is 36.1 Å². The van der Waals surface area contributed by atoms with Crippen LogP contribution in [0.3, 0.4) is 0 Å². The number of rotatable bonds is 8. The molecule has 0 atom stereocenters. The molecule has 2 aromatic carbocycles. The van der Waals surface area contributed by atoms with E-state index in [9.17, 15) is 14.7 Å². The Morgan fingerprint density at radius 3 is 2.52 bits per heavy atom. The molecule has 0 spiro atoms. The van der Waals surface area contributed by atoms with Gasteiger partial charge in [0.05, 0.1) is 45.5 Å². The van der Waals surface area contributed by atoms with E-state index in [0.29, 0.717) is 28.6 Å². The Labute approximate surface area is 257 Å². The fourth-order valence-electron chi connectivity index (χ4n) is 5.11. The topological polar surface area (TPSA) is 124 Å². The number of benzene rings is 2. The first-order valence-corrected chi connectivity index (χ1v) is 14.8. The van der Waals surface area contributed by atoms with Gasteiger partial charge < -0.3 is 19.7 Å². The third kappa shape index (κ3) is 5.54. The van der Waals surface area contributed by atoms with Crippen LogP contribution < -0.4 is 15.6 Å². The van der Waals surface area contributed by atoms with Gasteiger partial charge in [0, 0.05) is 22.8 Å². The first kappa shape index (κ1) is 29.1. The summed E-state index contributed by atoms with van der Waals surface area (Å²) in [6.45, 7) is 8.90. The molecule has 0 saturated heterocycles. The van der Waals surface area contributed by atoms with Crippen molar-refractivity contribution in [2.45, 2.75) is 46.8 Å². The third-order valence-electron chi connectivity index (χ3n) is 7.21. The Kier molecular flexibility index (Phi) is 7.44. The van der Waals surface area contributed by atoms with Gasteiger partial charge in [0.1, 0.15) is 22.8 Å². The van der Waals surface area contributed by atoms with Crippen molar-refractivity contribution in [3.8, 4) is 27.6 Å². The first-order valence-electron chi connectivity index (χ1n) is 14.0. The smallest absolute Gasteiger partial charge is 0.284 e. The minimum Gasteiger partial charge on any atom is -0.455 e. The monoisotopic (exact) mass is 609 g/mol. The highest BCUT2D eigenvalue weighted by molar-refractivity contribution is 7.22. The summed E-state index contributed by atoms with van der Waals surface area (Å²) in [7, 11) is 0. The Hall–Kier alpha value is -5.00. The maximum Gasteiger partial charge on any atom is 0.284 e. The number of nitrogens with zero attached hydrogens (tertiary/aromatic N) is 4. The molecule has 0 fully saturated rings. The van der Waals surface area contributed by atoms with E-state index in [1.165, 1.54) is 4.68 Å². The van der Waals surface area contributed by atoms with Crippen LogP contribution in [-0.2, 0) is 6.54 Å². The molecule has 4 aromatic heterocycles. The van der Waals surface area contributed by atoms with Gasteiger partial charge in [-0.15, -0.1) is 11.3 Å². The molecule has 10 nitrogen and oxygen atoms in total. The van der Waals surface area contributed by atoms with Crippen molar-refractivity contribution in [2.24, 2.45) is 0 Å². The highest BCUT2D eigenvalue weighted by Crippen LogP contribution is 2.40. The second-order valence-electron chi connectivity index (χ2n) is 11.2. The summed E-state index contributed by atoms with van der Waals surface area (Å²) >= 11 is 1.54. The molecule has 0 aliphatic heterocycles. The zero-order valence-corrected chi connectivity index (χ0v) is 25.7. The maximum atomic E-state index is 13.6. The van der Waals surface area contributed by atoms with E-state index in [0.717, 1.165) is 32.0 Å². The van der Waals surface area contributed by atoms with E-state index < -0.39 is 17.1 Å². The van der Waals surface area contributed by atoms with Crippen LogP contribution in [0.4, 0.5) is 5.69 Å². The van der Waals surface area contributed by atoms with Crippen LogP contribution >= 0.6 is 11.3 Å². The molecule has 0 saturated carbocycles. The van der Waals surface area contributed by atoms with Crippen molar-refractivity contribution in [3.63, 3.8) is 0 Å². The van der Waals surface area contributed by atoms with Crippen molar-refractivity contribution in [2.75, 3.05) is 5.32 Å². The van der Waals surface area contributed by atoms with Gasteiger partial charge >= 0.3 is 0 Å². The largest absolute Gasteiger partial charge is 0.455 e. The zero-order valence-electron chi connectivity index (χ0n) is 24.9. The predicted octanol–water partition coefficient (Wildman–Crippen LogP) is 6.64. The lowest BCUT2D eigenvalue weighted by molar-refractivity contribution is 0.0546. The molecule has 0 unspecified atom stereocenters. The Morgan fingerprint density at radius 1 is 1.07 bits per heavy atom. The lowest BCUT2D eigenvalue weighted by Crippen LogP contribution is -2.32. The Balaban J connectivity index is 1.27. The number of ether oxygens (including phenoxy) is 1. The van der Waals surface area contributed by atoms with Crippen LogP contribution in [0.15, 0.2) is 82.4 Å². The van der Waals surface area contributed by atoms with E-state index >= 15 is 0 Å². The Bertz CT molecular complexity index is 2060. The normalized spacial score (nSPS) is 11.7. The second-order valence-corrected chi connectivity index (χ2v) is 12.3. The lowest BCUT2D eigenvalue weighted by atomic mass is 10.1. The first-order chi connectivity index (χ1) is 21.0. The van der Waals surface area contributed by atoms with Crippen molar-refractivity contribution < 1.29 is 19.2 Å². The molecule has 0 radical (unpaired) electrons. The highest BCUT2D eigenvalue weighted by Gasteiger charge is 2.27. The van der Waals surface area contributed by atoms with Gasteiger partial charge in [-0.25, -0.2) is 4.68 Å². The highest BCUT2D eigenvalue weighted by atomic mass is 32.1. The summed E-state index contributed by atoms with van der Waals surface area (Å²) in [5, 5.41) is 17.3. The summed E-state index contributed by atoms with van der Waals surface area (Å²) in [6, 6.07) is 18.2. The standard InChI is InChI=1S/C33H31N5O5S/c1-19-15-22(11-12-26(19)42-27-13-14-34-25-16-28(44-30(25)27)24-17-35-43-21(24)3)36-31(39)29-20(2)37(18-33(4,5)41)38(32(29)40)23-9-7-6-8-10-23/h6-17,41H,18H2,1-5H3,(H,36,39). The van der Waals surface area contributed by atoms with Crippen LogP contribution in [0.5, 0.6) is 11.5 Å². The number of nitrogens with one attached hydrogen (secondary N) is 1. The van der Waals surface area contributed by atoms with Gasteiger partial charge in [0.25, 0.3) is 11.5 Å². The van der Waals surface area contributed by atoms with Crippen LogP contribution in [0.25, 0.3) is 26.3 Å². The number of amides is 1. The number of aliphatic hydroxyl groups is 1. The van der Waals surface area contributed by atoms with E-state index in [-0.39, 0.29) is 12.1 Å². The number of aryl methyl sites for hydroxylation is 2. The number of pyridine rings is 1. The number of hydrogen-bond acceptors (Lipinski definition) is 8. The van der Waals surface area contributed by atoms with E-state index in [1.54, 1.807) is 79.5 Å². The van der Waals surface area contributed by atoms with Gasteiger partial charge in [-0.05, 0) is 76.6 Å².